The van der Waals surface area contributed by atoms with E-state index < -0.39 is 0 Å². The molecule has 0 radical (unpaired) electrons. The molecule has 0 atom stereocenters. The minimum atomic E-state index is 0.146. The van der Waals surface area contributed by atoms with Crippen LogP contribution in [0.25, 0.3) is 77.8 Å². The fourth-order valence-corrected chi connectivity index (χ4v) is 5.41. The number of halogens is 1. The van der Waals surface area contributed by atoms with Crippen molar-refractivity contribution in [2.24, 2.45) is 0 Å². The van der Waals surface area contributed by atoms with Crippen LogP contribution >= 0.6 is 11.6 Å². The number of nitrogens with zero attached hydrogens (tertiary/aromatic N) is 3. The number of aromatic nitrogens is 3. The molecule has 3 aromatic heterocycles. The van der Waals surface area contributed by atoms with E-state index in [1.165, 1.54) is 0 Å². The second-order valence-electron chi connectivity index (χ2n) is 9.42. The molecule has 0 aliphatic heterocycles. The van der Waals surface area contributed by atoms with E-state index in [2.05, 4.69) is 51.4 Å². The van der Waals surface area contributed by atoms with Gasteiger partial charge in [-0.25, -0.2) is 4.98 Å². The van der Waals surface area contributed by atoms with Crippen LogP contribution in [0.5, 0.6) is 0 Å². The lowest BCUT2D eigenvalue weighted by atomic mass is 10.00. The maximum atomic E-state index is 6.28. The number of rotatable bonds is 3. The lowest BCUT2D eigenvalue weighted by Gasteiger charge is -2.05. The molecule has 0 N–H and O–H groups in total. The van der Waals surface area contributed by atoms with Crippen molar-refractivity contribution in [2.45, 2.75) is 0 Å². The summed E-state index contributed by atoms with van der Waals surface area (Å²) < 4.78 is 12.5. The Hall–Kier alpha value is -5.00. The van der Waals surface area contributed by atoms with Crippen molar-refractivity contribution in [1.29, 1.82) is 0 Å². The molecule has 0 bridgehead atoms. The highest BCUT2D eigenvalue weighted by Crippen LogP contribution is 2.39. The summed E-state index contributed by atoms with van der Waals surface area (Å²) in [6, 6.07) is 36.4. The number of furan rings is 2. The third-order valence-electron chi connectivity index (χ3n) is 7.08. The Morgan fingerprint density at radius 3 is 2.08 bits per heavy atom. The number of fused-ring (bicyclic) bond motifs is 6. The van der Waals surface area contributed by atoms with Gasteiger partial charge in [0.05, 0.1) is 0 Å². The van der Waals surface area contributed by atoms with Crippen molar-refractivity contribution in [3.8, 4) is 33.9 Å². The van der Waals surface area contributed by atoms with Gasteiger partial charge in [-0.2, -0.15) is 9.97 Å². The lowest BCUT2D eigenvalue weighted by Crippen LogP contribution is -1.97. The van der Waals surface area contributed by atoms with Gasteiger partial charge in [0, 0.05) is 38.2 Å². The van der Waals surface area contributed by atoms with Crippen molar-refractivity contribution < 1.29 is 8.83 Å². The van der Waals surface area contributed by atoms with Crippen LogP contribution in [0.2, 0.25) is 5.28 Å². The van der Waals surface area contributed by atoms with E-state index in [0.29, 0.717) is 11.6 Å². The van der Waals surface area contributed by atoms with Gasteiger partial charge in [0.25, 0.3) is 0 Å². The summed E-state index contributed by atoms with van der Waals surface area (Å²) in [4.78, 5) is 13.4. The van der Waals surface area contributed by atoms with Crippen molar-refractivity contribution in [2.75, 3.05) is 0 Å². The summed E-state index contributed by atoms with van der Waals surface area (Å²) in [5.74, 6) is 1.02. The molecule has 39 heavy (non-hydrogen) atoms. The predicted molar refractivity (Wildman–Crippen MR) is 156 cm³/mol. The van der Waals surface area contributed by atoms with Gasteiger partial charge in [-0.1, -0.05) is 78.9 Å². The number of benzene rings is 5. The standard InChI is InChI=1S/C33H18ClN3O2/c34-33-36-31(19-7-2-1-3-8-19)35-32(37-33)21-13-15-24-26-17-20(14-16-28(26)38-29(24)18-21)22-10-6-11-25-23-9-4-5-12-27(23)39-30(22)25/h1-18H. The molecule has 6 heteroatoms. The van der Waals surface area contributed by atoms with Crippen molar-refractivity contribution >= 4 is 55.5 Å². The summed E-state index contributed by atoms with van der Waals surface area (Å²) >= 11 is 6.28. The van der Waals surface area contributed by atoms with Crippen molar-refractivity contribution in [3.63, 3.8) is 0 Å². The molecule has 8 rings (SSSR count). The van der Waals surface area contributed by atoms with Gasteiger partial charge in [-0.15, -0.1) is 0 Å². The quantitative estimate of drug-likeness (QED) is 0.231. The Kier molecular flexibility index (Phi) is 4.81. The minimum Gasteiger partial charge on any atom is -0.456 e. The highest BCUT2D eigenvalue weighted by molar-refractivity contribution is 6.28. The largest absolute Gasteiger partial charge is 0.456 e. The highest BCUT2D eigenvalue weighted by atomic mass is 35.5. The summed E-state index contributed by atoms with van der Waals surface area (Å²) in [5.41, 5.74) is 7.11. The summed E-state index contributed by atoms with van der Waals surface area (Å²) in [5, 5.41) is 4.41. The maximum absolute atomic E-state index is 6.28. The molecule has 8 aromatic rings. The third kappa shape index (κ3) is 3.59. The molecule has 0 aliphatic carbocycles. The predicted octanol–water partition coefficient (Wildman–Crippen LogP) is 9.32. The molecule has 3 heterocycles. The summed E-state index contributed by atoms with van der Waals surface area (Å²) in [6.07, 6.45) is 0. The molecule has 0 amide bonds. The number of para-hydroxylation sites is 2. The lowest BCUT2D eigenvalue weighted by molar-refractivity contribution is 0.668. The molecular formula is C33H18ClN3O2. The average Bonchev–Trinajstić information content (AvgIpc) is 3.55. The van der Waals surface area contributed by atoms with Gasteiger partial charge >= 0.3 is 0 Å². The summed E-state index contributed by atoms with van der Waals surface area (Å²) in [7, 11) is 0. The van der Waals surface area contributed by atoms with Crippen LogP contribution in [-0.2, 0) is 0 Å². The molecule has 0 spiro atoms. The second-order valence-corrected chi connectivity index (χ2v) is 9.76. The average molecular weight is 524 g/mol. The van der Waals surface area contributed by atoms with Gasteiger partial charge in [-0.05, 0) is 47.5 Å². The van der Waals surface area contributed by atoms with Gasteiger partial charge in [0.15, 0.2) is 11.6 Å². The maximum Gasteiger partial charge on any atom is 0.226 e. The number of hydrogen-bond acceptors (Lipinski definition) is 5. The Bertz CT molecular complexity index is 2200. The molecule has 5 aromatic carbocycles. The topological polar surface area (TPSA) is 65.0 Å². The van der Waals surface area contributed by atoms with E-state index in [0.717, 1.165) is 66.1 Å². The smallest absolute Gasteiger partial charge is 0.226 e. The van der Waals surface area contributed by atoms with Crippen LogP contribution < -0.4 is 0 Å². The Balaban J connectivity index is 1.25. The van der Waals surface area contributed by atoms with Crippen LogP contribution in [0.4, 0.5) is 0 Å². The SMILES string of the molecule is Clc1nc(-c2ccccc2)nc(-c2ccc3c(c2)oc2ccc(-c4cccc5c4oc4ccccc45)cc23)n1. The van der Waals surface area contributed by atoms with Crippen LogP contribution in [0.1, 0.15) is 0 Å². The first-order valence-electron chi connectivity index (χ1n) is 12.6. The zero-order valence-electron chi connectivity index (χ0n) is 20.4. The first-order valence-corrected chi connectivity index (χ1v) is 12.9. The third-order valence-corrected chi connectivity index (χ3v) is 7.25. The Morgan fingerprint density at radius 2 is 1.18 bits per heavy atom. The van der Waals surface area contributed by atoms with Crippen molar-refractivity contribution in [3.05, 3.63) is 114 Å². The van der Waals surface area contributed by atoms with Crippen molar-refractivity contribution in [1.82, 2.24) is 15.0 Å². The monoisotopic (exact) mass is 523 g/mol. The zero-order chi connectivity index (χ0) is 25.9. The minimum absolute atomic E-state index is 0.146. The molecule has 0 fully saturated rings. The first-order chi connectivity index (χ1) is 19.2. The molecule has 0 saturated carbocycles. The Morgan fingerprint density at radius 1 is 0.462 bits per heavy atom. The molecule has 184 valence electrons. The highest BCUT2D eigenvalue weighted by Gasteiger charge is 2.16. The Labute approximate surface area is 227 Å². The van der Waals surface area contributed by atoms with Gasteiger partial charge < -0.3 is 8.83 Å². The van der Waals surface area contributed by atoms with E-state index in [9.17, 15) is 0 Å². The van der Waals surface area contributed by atoms with Gasteiger partial charge in [0.1, 0.15) is 22.3 Å². The van der Waals surface area contributed by atoms with Crippen LogP contribution in [0, 0.1) is 0 Å². The van der Waals surface area contributed by atoms with E-state index in [4.69, 9.17) is 20.4 Å². The van der Waals surface area contributed by atoms with E-state index in [1.54, 1.807) is 0 Å². The second kappa shape index (κ2) is 8.51. The molecule has 5 nitrogen and oxygen atoms in total. The normalized spacial score (nSPS) is 11.7. The van der Waals surface area contributed by atoms with E-state index in [1.807, 2.05) is 72.8 Å². The van der Waals surface area contributed by atoms with E-state index >= 15 is 0 Å². The molecule has 0 aliphatic rings. The van der Waals surface area contributed by atoms with E-state index in [-0.39, 0.29) is 5.28 Å². The molecule has 0 unspecified atom stereocenters. The van der Waals surface area contributed by atoms with Crippen LogP contribution in [0.3, 0.4) is 0 Å². The molecule has 0 saturated heterocycles. The fourth-order valence-electron chi connectivity index (χ4n) is 5.25. The van der Waals surface area contributed by atoms with Gasteiger partial charge in [-0.3, -0.25) is 0 Å². The zero-order valence-corrected chi connectivity index (χ0v) is 21.2. The van der Waals surface area contributed by atoms with Crippen LogP contribution in [-0.4, -0.2) is 15.0 Å². The summed E-state index contributed by atoms with van der Waals surface area (Å²) in [6.45, 7) is 0. The fraction of sp³-hybridized carbons (Fsp3) is 0. The molecular weight excluding hydrogens is 506 g/mol. The first kappa shape index (κ1) is 22.0. The van der Waals surface area contributed by atoms with Gasteiger partial charge in [0.2, 0.25) is 5.28 Å². The number of hydrogen-bond donors (Lipinski definition) is 0. The van der Waals surface area contributed by atoms with Crippen LogP contribution in [0.15, 0.2) is 118 Å².